The van der Waals surface area contributed by atoms with E-state index in [1.165, 1.54) is 0 Å². The summed E-state index contributed by atoms with van der Waals surface area (Å²) in [6.45, 7) is 7.57. The van der Waals surface area contributed by atoms with Crippen LogP contribution in [0.25, 0.3) is 0 Å². The third-order valence-corrected chi connectivity index (χ3v) is 2.08. The predicted molar refractivity (Wildman–Crippen MR) is 51.5 cm³/mol. The van der Waals surface area contributed by atoms with Crippen LogP contribution >= 0.6 is 0 Å². The maximum Gasteiger partial charge on any atom is 0.125 e. The number of aliphatic hydroxyl groups is 1. The molecule has 3 heteroatoms. The lowest BCUT2D eigenvalue weighted by Crippen LogP contribution is -2.07. The number of aromatic nitrogens is 2. The van der Waals surface area contributed by atoms with E-state index in [0.717, 1.165) is 29.2 Å². The summed E-state index contributed by atoms with van der Waals surface area (Å²) in [4.78, 5) is 8.53. The van der Waals surface area contributed by atoms with Crippen LogP contribution in [0.4, 0.5) is 0 Å². The minimum absolute atomic E-state index is 0.476. The van der Waals surface area contributed by atoms with Crippen molar-refractivity contribution in [3.8, 4) is 0 Å². The highest BCUT2D eigenvalue weighted by Crippen LogP contribution is 2.19. The molecule has 72 valence electrons. The Balaban J connectivity index is 3.30. The smallest absolute Gasteiger partial charge is 0.125 e. The molecular formula is C10H16N2O. The number of hydrogen-bond donors (Lipinski definition) is 1. The second kappa shape index (κ2) is 3.83. The fourth-order valence-corrected chi connectivity index (χ4v) is 1.61. The van der Waals surface area contributed by atoms with E-state index >= 15 is 0 Å². The molecule has 1 aromatic heterocycles. The van der Waals surface area contributed by atoms with Gasteiger partial charge < -0.3 is 5.11 Å². The van der Waals surface area contributed by atoms with Crippen molar-refractivity contribution < 1.29 is 5.11 Å². The molecule has 0 saturated carbocycles. The van der Waals surface area contributed by atoms with E-state index in [1.807, 2.05) is 20.8 Å². The Morgan fingerprint density at radius 1 is 1.31 bits per heavy atom. The van der Waals surface area contributed by atoms with Crippen molar-refractivity contribution in [2.45, 2.75) is 40.2 Å². The molecule has 0 fully saturated rings. The van der Waals surface area contributed by atoms with Gasteiger partial charge in [-0.2, -0.15) is 0 Å². The molecule has 0 aliphatic heterocycles. The number of rotatable bonds is 2. The van der Waals surface area contributed by atoms with Crippen molar-refractivity contribution in [1.29, 1.82) is 0 Å². The van der Waals surface area contributed by atoms with Gasteiger partial charge in [-0.15, -0.1) is 0 Å². The van der Waals surface area contributed by atoms with E-state index in [0.29, 0.717) is 0 Å². The normalized spacial score (nSPS) is 13.0. The fraction of sp³-hybridized carbons (Fsp3) is 0.600. The van der Waals surface area contributed by atoms with E-state index in [-0.39, 0.29) is 0 Å². The molecule has 1 heterocycles. The zero-order chi connectivity index (χ0) is 10.0. The van der Waals surface area contributed by atoms with Crippen molar-refractivity contribution in [1.82, 2.24) is 9.97 Å². The van der Waals surface area contributed by atoms with Crippen LogP contribution in [0, 0.1) is 13.8 Å². The molecule has 0 bridgehead atoms. The Morgan fingerprint density at radius 2 is 1.92 bits per heavy atom. The van der Waals surface area contributed by atoms with Crippen LogP contribution in [0.3, 0.4) is 0 Å². The van der Waals surface area contributed by atoms with Crippen LogP contribution in [0.1, 0.15) is 42.7 Å². The third kappa shape index (κ3) is 2.04. The van der Waals surface area contributed by atoms with Gasteiger partial charge in [-0.25, -0.2) is 9.97 Å². The van der Waals surface area contributed by atoms with Gasteiger partial charge in [0, 0.05) is 17.0 Å². The standard InChI is InChI=1S/C10H16N2O/c1-5-9-10(7(3)13)6(2)11-8(4)12-9/h7,13H,5H2,1-4H3. The molecule has 0 aliphatic carbocycles. The summed E-state index contributed by atoms with van der Waals surface area (Å²) < 4.78 is 0. The van der Waals surface area contributed by atoms with E-state index < -0.39 is 6.10 Å². The summed E-state index contributed by atoms with van der Waals surface area (Å²) in [5.74, 6) is 0.777. The maximum absolute atomic E-state index is 9.53. The second-order valence-electron chi connectivity index (χ2n) is 3.25. The Morgan fingerprint density at radius 3 is 2.38 bits per heavy atom. The fourth-order valence-electron chi connectivity index (χ4n) is 1.61. The molecule has 1 rings (SSSR count). The van der Waals surface area contributed by atoms with Crippen molar-refractivity contribution in [2.75, 3.05) is 0 Å². The first kappa shape index (κ1) is 10.1. The Hall–Kier alpha value is -0.960. The molecule has 0 radical (unpaired) electrons. The lowest BCUT2D eigenvalue weighted by Gasteiger charge is -2.12. The maximum atomic E-state index is 9.53. The van der Waals surface area contributed by atoms with Gasteiger partial charge in [-0.3, -0.25) is 0 Å². The highest BCUT2D eigenvalue weighted by molar-refractivity contribution is 5.27. The first-order valence-electron chi connectivity index (χ1n) is 4.58. The lowest BCUT2D eigenvalue weighted by atomic mass is 10.1. The number of aryl methyl sites for hydroxylation is 3. The molecule has 1 unspecified atom stereocenters. The SMILES string of the molecule is CCc1nc(C)nc(C)c1C(C)O. The van der Waals surface area contributed by atoms with Crippen LogP contribution < -0.4 is 0 Å². The van der Waals surface area contributed by atoms with Crippen LogP contribution in [0.15, 0.2) is 0 Å². The molecule has 1 aromatic rings. The highest BCUT2D eigenvalue weighted by Gasteiger charge is 2.12. The van der Waals surface area contributed by atoms with Crippen molar-refractivity contribution in [2.24, 2.45) is 0 Å². The van der Waals surface area contributed by atoms with Crippen LogP contribution in [0.5, 0.6) is 0 Å². The van der Waals surface area contributed by atoms with Gasteiger partial charge >= 0.3 is 0 Å². The average molecular weight is 180 g/mol. The summed E-state index contributed by atoms with van der Waals surface area (Å²) in [6.07, 6.45) is 0.361. The first-order chi connectivity index (χ1) is 6.06. The molecular weight excluding hydrogens is 164 g/mol. The van der Waals surface area contributed by atoms with Gasteiger partial charge in [0.25, 0.3) is 0 Å². The van der Waals surface area contributed by atoms with Crippen LogP contribution in [-0.2, 0) is 6.42 Å². The first-order valence-corrected chi connectivity index (χ1v) is 4.58. The largest absolute Gasteiger partial charge is 0.389 e. The summed E-state index contributed by atoms with van der Waals surface area (Å²) in [6, 6.07) is 0. The minimum Gasteiger partial charge on any atom is -0.389 e. The molecule has 1 N–H and O–H groups in total. The molecule has 1 atom stereocenters. The highest BCUT2D eigenvalue weighted by atomic mass is 16.3. The van der Waals surface area contributed by atoms with E-state index in [1.54, 1.807) is 6.92 Å². The van der Waals surface area contributed by atoms with E-state index in [9.17, 15) is 5.11 Å². The molecule has 0 aliphatic rings. The molecule has 0 aromatic carbocycles. The summed E-state index contributed by atoms with van der Waals surface area (Å²) in [5.41, 5.74) is 2.73. The van der Waals surface area contributed by atoms with Gasteiger partial charge in [-0.05, 0) is 27.2 Å². The second-order valence-corrected chi connectivity index (χ2v) is 3.25. The van der Waals surface area contributed by atoms with Crippen molar-refractivity contribution in [3.63, 3.8) is 0 Å². The summed E-state index contributed by atoms with van der Waals surface area (Å²) >= 11 is 0. The number of aliphatic hydroxyl groups excluding tert-OH is 1. The minimum atomic E-state index is -0.476. The van der Waals surface area contributed by atoms with Gasteiger partial charge in [0.1, 0.15) is 5.82 Å². The van der Waals surface area contributed by atoms with Gasteiger partial charge in [0.15, 0.2) is 0 Å². The monoisotopic (exact) mass is 180 g/mol. The molecule has 0 amide bonds. The van der Waals surface area contributed by atoms with Crippen molar-refractivity contribution in [3.05, 3.63) is 22.8 Å². The predicted octanol–water partition coefficient (Wildman–Crippen LogP) is 1.71. The van der Waals surface area contributed by atoms with Gasteiger partial charge in [-0.1, -0.05) is 6.92 Å². The topological polar surface area (TPSA) is 46.0 Å². The van der Waals surface area contributed by atoms with Crippen molar-refractivity contribution >= 4 is 0 Å². The third-order valence-electron chi connectivity index (χ3n) is 2.08. The molecule has 3 nitrogen and oxygen atoms in total. The Bertz CT molecular complexity index is 308. The molecule has 13 heavy (non-hydrogen) atoms. The zero-order valence-corrected chi connectivity index (χ0v) is 8.63. The van der Waals surface area contributed by atoms with E-state index in [4.69, 9.17) is 0 Å². The molecule has 0 spiro atoms. The van der Waals surface area contributed by atoms with Crippen LogP contribution in [-0.4, -0.2) is 15.1 Å². The quantitative estimate of drug-likeness (QED) is 0.753. The summed E-state index contributed by atoms with van der Waals surface area (Å²) in [5, 5.41) is 9.53. The summed E-state index contributed by atoms with van der Waals surface area (Å²) in [7, 11) is 0. The number of nitrogens with zero attached hydrogens (tertiary/aromatic N) is 2. The zero-order valence-electron chi connectivity index (χ0n) is 8.63. The van der Waals surface area contributed by atoms with E-state index in [2.05, 4.69) is 9.97 Å². The average Bonchev–Trinajstić information content (AvgIpc) is 2.01. The Kier molecular flexibility index (Phi) is 2.98. The number of hydrogen-bond acceptors (Lipinski definition) is 3. The Labute approximate surface area is 78.9 Å². The van der Waals surface area contributed by atoms with Gasteiger partial charge in [0.2, 0.25) is 0 Å². The lowest BCUT2D eigenvalue weighted by molar-refractivity contribution is 0.196. The van der Waals surface area contributed by atoms with Gasteiger partial charge in [0.05, 0.1) is 6.10 Å². The van der Waals surface area contributed by atoms with Crippen LogP contribution in [0.2, 0.25) is 0 Å². The molecule has 0 saturated heterocycles.